The smallest absolute Gasteiger partial charge is 0.339 e. The van der Waals surface area contributed by atoms with Gasteiger partial charge in [0.2, 0.25) is 0 Å². The predicted molar refractivity (Wildman–Crippen MR) is 126 cm³/mol. The van der Waals surface area contributed by atoms with E-state index in [2.05, 4.69) is 54.0 Å². The molecule has 0 bridgehead atoms. The van der Waals surface area contributed by atoms with Crippen molar-refractivity contribution in [3.05, 3.63) is 100 Å². The highest BCUT2D eigenvalue weighted by Crippen LogP contribution is 2.24. The van der Waals surface area contributed by atoms with Crippen molar-refractivity contribution in [1.82, 2.24) is 5.32 Å². The Morgan fingerprint density at radius 2 is 1.70 bits per heavy atom. The summed E-state index contributed by atoms with van der Waals surface area (Å²) in [6.07, 6.45) is 0. The molecule has 154 valence electrons. The number of nitrogens with one attached hydrogen (secondary N) is 2. The molecule has 1 atom stereocenters. The largest absolute Gasteiger partial charge is 0.462 e. The van der Waals surface area contributed by atoms with Gasteiger partial charge in [0.05, 0.1) is 23.2 Å². The van der Waals surface area contributed by atoms with Crippen molar-refractivity contribution < 1.29 is 9.53 Å². The number of ether oxygens (including phenoxy) is 1. The monoisotopic (exact) mass is 438 g/mol. The van der Waals surface area contributed by atoms with Gasteiger partial charge in [-0.1, -0.05) is 71.8 Å². The van der Waals surface area contributed by atoms with Gasteiger partial charge in [-0.25, -0.2) is 4.79 Å². The maximum absolute atomic E-state index is 12.1. The Morgan fingerprint density at radius 1 is 1.03 bits per heavy atom. The maximum atomic E-state index is 12.1. The van der Waals surface area contributed by atoms with Crippen LogP contribution in [0.5, 0.6) is 0 Å². The van der Waals surface area contributed by atoms with Crippen LogP contribution < -0.4 is 10.6 Å². The number of anilines is 1. The van der Waals surface area contributed by atoms with E-state index in [0.717, 1.165) is 11.1 Å². The highest BCUT2D eigenvalue weighted by molar-refractivity contribution is 7.80. The van der Waals surface area contributed by atoms with Crippen LogP contribution in [0.4, 0.5) is 5.69 Å². The van der Waals surface area contributed by atoms with Crippen LogP contribution in [0.2, 0.25) is 5.02 Å². The fraction of sp³-hybridized carbons (Fsp3) is 0.167. The van der Waals surface area contributed by atoms with Gasteiger partial charge >= 0.3 is 5.97 Å². The number of halogens is 1. The number of rotatable bonds is 6. The first-order valence-corrected chi connectivity index (χ1v) is 10.4. The molecule has 30 heavy (non-hydrogen) atoms. The molecule has 0 aliphatic rings. The van der Waals surface area contributed by atoms with Crippen LogP contribution >= 0.6 is 23.8 Å². The zero-order valence-electron chi connectivity index (χ0n) is 16.8. The van der Waals surface area contributed by atoms with Crippen molar-refractivity contribution in [2.75, 3.05) is 11.9 Å². The molecule has 0 fully saturated rings. The molecule has 0 unspecified atom stereocenters. The zero-order valence-corrected chi connectivity index (χ0v) is 18.4. The minimum absolute atomic E-state index is 0.122. The summed E-state index contributed by atoms with van der Waals surface area (Å²) in [4.78, 5) is 12.1. The van der Waals surface area contributed by atoms with Crippen molar-refractivity contribution in [2.45, 2.75) is 19.9 Å². The highest BCUT2D eigenvalue weighted by Gasteiger charge is 2.16. The molecule has 0 radical (unpaired) electrons. The van der Waals surface area contributed by atoms with Gasteiger partial charge in [0.25, 0.3) is 0 Å². The maximum Gasteiger partial charge on any atom is 0.339 e. The second kappa shape index (κ2) is 10.2. The Bertz CT molecular complexity index is 1020. The van der Waals surface area contributed by atoms with Gasteiger partial charge in [-0.3, -0.25) is 0 Å². The molecule has 2 N–H and O–H groups in total. The summed E-state index contributed by atoms with van der Waals surface area (Å²) in [6, 6.07) is 23.4. The Labute approximate surface area is 187 Å². The minimum atomic E-state index is -0.466. The lowest BCUT2D eigenvalue weighted by molar-refractivity contribution is 0.0526. The summed E-state index contributed by atoms with van der Waals surface area (Å²) in [5, 5.41) is 7.28. The molecule has 0 aromatic heterocycles. The van der Waals surface area contributed by atoms with E-state index in [4.69, 9.17) is 28.6 Å². The first kappa shape index (κ1) is 21.8. The van der Waals surface area contributed by atoms with Crippen molar-refractivity contribution in [3.63, 3.8) is 0 Å². The van der Waals surface area contributed by atoms with E-state index in [1.807, 2.05) is 18.2 Å². The average molecular weight is 439 g/mol. The van der Waals surface area contributed by atoms with E-state index in [1.165, 1.54) is 5.56 Å². The second-order valence-corrected chi connectivity index (χ2v) is 7.58. The van der Waals surface area contributed by atoms with E-state index < -0.39 is 5.97 Å². The van der Waals surface area contributed by atoms with Crippen LogP contribution in [0, 0.1) is 6.92 Å². The average Bonchev–Trinajstić information content (AvgIpc) is 2.75. The van der Waals surface area contributed by atoms with E-state index in [-0.39, 0.29) is 12.6 Å². The lowest BCUT2D eigenvalue weighted by Gasteiger charge is -2.22. The van der Waals surface area contributed by atoms with Crippen molar-refractivity contribution in [3.8, 4) is 0 Å². The van der Waals surface area contributed by atoms with E-state index in [1.54, 1.807) is 25.1 Å². The third-order valence-corrected chi connectivity index (χ3v) is 5.09. The summed E-state index contributed by atoms with van der Waals surface area (Å²) in [6.45, 7) is 4.09. The summed E-state index contributed by atoms with van der Waals surface area (Å²) in [5.74, 6) is -0.466. The third-order valence-electron chi connectivity index (χ3n) is 4.54. The topological polar surface area (TPSA) is 50.4 Å². The number of benzene rings is 3. The van der Waals surface area contributed by atoms with Gasteiger partial charge in [-0.2, -0.15) is 0 Å². The van der Waals surface area contributed by atoms with Crippen LogP contribution in [0.15, 0.2) is 72.8 Å². The van der Waals surface area contributed by atoms with Gasteiger partial charge in [0, 0.05) is 5.69 Å². The zero-order chi connectivity index (χ0) is 21.5. The lowest BCUT2D eigenvalue weighted by atomic mass is 9.98. The molecule has 0 amide bonds. The number of aryl methyl sites for hydroxylation is 1. The van der Waals surface area contributed by atoms with E-state index >= 15 is 0 Å². The molecule has 4 nitrogen and oxygen atoms in total. The number of carbonyl (C=O) groups is 1. The molecule has 3 aromatic rings. The van der Waals surface area contributed by atoms with Crippen molar-refractivity contribution in [2.24, 2.45) is 0 Å². The fourth-order valence-electron chi connectivity index (χ4n) is 3.03. The first-order valence-electron chi connectivity index (χ1n) is 9.63. The number of carbonyl (C=O) groups excluding carboxylic acids is 1. The standard InChI is InChI=1S/C24H23ClN2O2S/c1-3-29-23(28)20-15-19(13-14-21(20)25)26-24(30)27-22(17-7-5-4-6-8-17)18-11-9-16(2)10-12-18/h4-15,22H,3H2,1-2H3,(H2,26,27,30)/t22-/m1/s1. The summed E-state index contributed by atoms with van der Waals surface area (Å²) >= 11 is 11.7. The Balaban J connectivity index is 1.81. The fourth-order valence-corrected chi connectivity index (χ4v) is 3.46. The number of esters is 1. The van der Waals surface area contributed by atoms with Crippen LogP contribution in [0.3, 0.4) is 0 Å². The normalized spacial score (nSPS) is 11.4. The van der Waals surface area contributed by atoms with Crippen molar-refractivity contribution >= 4 is 40.6 Å². The number of hydrogen-bond donors (Lipinski definition) is 2. The molecule has 0 aliphatic carbocycles. The Morgan fingerprint density at radius 3 is 2.37 bits per heavy atom. The first-order chi connectivity index (χ1) is 14.5. The van der Waals surface area contributed by atoms with E-state index in [0.29, 0.717) is 21.4 Å². The van der Waals surface area contributed by atoms with Crippen LogP contribution in [0.1, 0.15) is 40.0 Å². The van der Waals surface area contributed by atoms with Crippen LogP contribution in [-0.4, -0.2) is 17.7 Å². The Kier molecular flexibility index (Phi) is 7.44. The highest BCUT2D eigenvalue weighted by atomic mass is 35.5. The molecule has 3 aromatic carbocycles. The van der Waals surface area contributed by atoms with Gasteiger partial charge in [0.1, 0.15) is 0 Å². The molecule has 6 heteroatoms. The van der Waals surface area contributed by atoms with E-state index in [9.17, 15) is 4.79 Å². The molecule has 0 spiro atoms. The third kappa shape index (κ3) is 5.59. The molecule has 0 saturated heterocycles. The molecular formula is C24H23ClN2O2S. The van der Waals surface area contributed by atoms with Crippen LogP contribution in [-0.2, 0) is 4.74 Å². The SMILES string of the molecule is CCOC(=O)c1cc(NC(=S)N[C@H](c2ccccc2)c2ccc(C)cc2)ccc1Cl. The summed E-state index contributed by atoms with van der Waals surface area (Å²) in [5.41, 5.74) is 4.33. The molecule has 3 rings (SSSR count). The van der Waals surface area contributed by atoms with Crippen LogP contribution in [0.25, 0.3) is 0 Å². The summed E-state index contributed by atoms with van der Waals surface area (Å²) in [7, 11) is 0. The van der Waals surface area contributed by atoms with Gasteiger partial charge in [0.15, 0.2) is 5.11 Å². The molecule has 0 aliphatic heterocycles. The molecule has 0 heterocycles. The molecule has 0 saturated carbocycles. The van der Waals surface area contributed by atoms with Gasteiger partial charge in [-0.15, -0.1) is 0 Å². The number of thiocarbonyl (C=S) groups is 1. The minimum Gasteiger partial charge on any atom is -0.462 e. The number of hydrogen-bond acceptors (Lipinski definition) is 3. The quantitative estimate of drug-likeness (QED) is 0.370. The van der Waals surface area contributed by atoms with Crippen molar-refractivity contribution in [1.29, 1.82) is 0 Å². The second-order valence-electron chi connectivity index (χ2n) is 6.77. The van der Waals surface area contributed by atoms with Gasteiger partial charge < -0.3 is 15.4 Å². The Hall–Kier alpha value is -2.89. The lowest BCUT2D eigenvalue weighted by Crippen LogP contribution is -2.33. The molecular weight excluding hydrogens is 416 g/mol. The predicted octanol–water partition coefficient (Wildman–Crippen LogP) is 5.90. The van der Waals surface area contributed by atoms with Gasteiger partial charge in [-0.05, 0) is 55.4 Å². The summed E-state index contributed by atoms with van der Waals surface area (Å²) < 4.78 is 5.06.